The van der Waals surface area contributed by atoms with Crippen LogP contribution in [0.5, 0.6) is 0 Å². The van der Waals surface area contributed by atoms with Gasteiger partial charge in [0.05, 0.1) is 4.90 Å². The van der Waals surface area contributed by atoms with E-state index in [0.717, 1.165) is 19.3 Å². The monoisotopic (exact) mass is 198 g/mol. The summed E-state index contributed by atoms with van der Waals surface area (Å²) in [5, 5.41) is 0. The molecular weight excluding hydrogens is 184 g/mol. The Morgan fingerprint density at radius 1 is 1.15 bits per heavy atom. The molecule has 3 heteroatoms. The van der Waals surface area contributed by atoms with Gasteiger partial charge in [-0.2, -0.15) is 0 Å². The first-order valence-electron chi connectivity index (χ1n) is 4.47. The zero-order valence-corrected chi connectivity index (χ0v) is 8.59. The highest BCUT2D eigenvalue weighted by Crippen LogP contribution is 2.08. The SMILES string of the molecule is CCCCc1ccc([SH](=O)=O)cc1. The van der Waals surface area contributed by atoms with Crippen LogP contribution >= 0.6 is 0 Å². The molecule has 0 spiro atoms. The van der Waals surface area contributed by atoms with E-state index in [1.807, 2.05) is 12.1 Å². The molecule has 0 heterocycles. The van der Waals surface area contributed by atoms with Gasteiger partial charge in [0.1, 0.15) is 0 Å². The fourth-order valence-corrected chi connectivity index (χ4v) is 1.56. The van der Waals surface area contributed by atoms with Crippen molar-refractivity contribution in [2.24, 2.45) is 0 Å². The fourth-order valence-electron chi connectivity index (χ4n) is 1.17. The average molecular weight is 198 g/mol. The molecule has 0 atom stereocenters. The van der Waals surface area contributed by atoms with E-state index in [2.05, 4.69) is 6.92 Å². The molecule has 1 aromatic rings. The van der Waals surface area contributed by atoms with Gasteiger partial charge in [-0.3, -0.25) is 0 Å². The van der Waals surface area contributed by atoms with Gasteiger partial charge in [-0.15, -0.1) is 0 Å². The van der Waals surface area contributed by atoms with Crippen LogP contribution in [-0.4, -0.2) is 8.42 Å². The Morgan fingerprint density at radius 3 is 2.23 bits per heavy atom. The lowest BCUT2D eigenvalue weighted by Crippen LogP contribution is -1.85. The molecule has 0 bridgehead atoms. The van der Waals surface area contributed by atoms with Crippen molar-refractivity contribution < 1.29 is 8.42 Å². The molecule has 0 fully saturated rings. The van der Waals surface area contributed by atoms with E-state index in [1.165, 1.54) is 5.56 Å². The van der Waals surface area contributed by atoms with Crippen LogP contribution in [0.4, 0.5) is 0 Å². The van der Waals surface area contributed by atoms with Crippen molar-refractivity contribution in [2.45, 2.75) is 31.1 Å². The second-order valence-electron chi connectivity index (χ2n) is 3.03. The molecule has 1 rings (SSSR count). The quantitative estimate of drug-likeness (QED) is 0.751. The predicted molar refractivity (Wildman–Crippen MR) is 53.6 cm³/mol. The van der Waals surface area contributed by atoms with Crippen LogP contribution in [0.2, 0.25) is 0 Å². The predicted octanol–water partition coefficient (Wildman–Crippen LogP) is 2.00. The van der Waals surface area contributed by atoms with E-state index < -0.39 is 10.7 Å². The van der Waals surface area contributed by atoms with Gasteiger partial charge < -0.3 is 0 Å². The maximum absolute atomic E-state index is 10.6. The number of hydrogen-bond acceptors (Lipinski definition) is 2. The summed E-state index contributed by atoms with van der Waals surface area (Å²) < 4.78 is 21.1. The topological polar surface area (TPSA) is 34.1 Å². The number of unbranched alkanes of at least 4 members (excludes halogenated alkanes) is 1. The molecule has 0 aromatic heterocycles. The van der Waals surface area contributed by atoms with E-state index >= 15 is 0 Å². The first-order valence-corrected chi connectivity index (χ1v) is 5.65. The molecule has 0 aliphatic rings. The minimum atomic E-state index is -2.42. The molecule has 1 aromatic carbocycles. The summed E-state index contributed by atoms with van der Waals surface area (Å²) in [6.45, 7) is 2.14. The third kappa shape index (κ3) is 3.19. The van der Waals surface area contributed by atoms with E-state index in [0.29, 0.717) is 4.90 Å². The Balaban J connectivity index is 2.69. The smallest absolute Gasteiger partial charge is 0.168 e. The van der Waals surface area contributed by atoms with E-state index in [4.69, 9.17) is 0 Å². The van der Waals surface area contributed by atoms with Gasteiger partial charge in [0, 0.05) is 0 Å². The lowest BCUT2D eigenvalue weighted by Gasteiger charge is -1.98. The summed E-state index contributed by atoms with van der Waals surface area (Å²) in [6.07, 6.45) is 3.35. The Kier molecular flexibility index (Phi) is 3.96. The van der Waals surface area contributed by atoms with E-state index in [1.54, 1.807) is 12.1 Å². The number of aryl methyl sites for hydroxylation is 1. The lowest BCUT2D eigenvalue weighted by atomic mass is 10.1. The van der Waals surface area contributed by atoms with Crippen molar-refractivity contribution >= 4 is 10.7 Å². The van der Waals surface area contributed by atoms with Crippen LogP contribution in [0, 0.1) is 0 Å². The highest BCUT2D eigenvalue weighted by molar-refractivity contribution is 7.72. The van der Waals surface area contributed by atoms with Gasteiger partial charge in [0.15, 0.2) is 10.7 Å². The van der Waals surface area contributed by atoms with Crippen LogP contribution in [-0.2, 0) is 17.1 Å². The molecule has 0 aliphatic carbocycles. The molecule has 0 saturated carbocycles. The van der Waals surface area contributed by atoms with Gasteiger partial charge in [0.2, 0.25) is 0 Å². The summed E-state index contributed by atoms with van der Waals surface area (Å²) in [5.41, 5.74) is 1.21. The van der Waals surface area contributed by atoms with Gasteiger partial charge in [0.25, 0.3) is 0 Å². The zero-order chi connectivity index (χ0) is 9.68. The second kappa shape index (κ2) is 5.02. The van der Waals surface area contributed by atoms with Crippen molar-refractivity contribution in [1.29, 1.82) is 0 Å². The van der Waals surface area contributed by atoms with E-state index in [9.17, 15) is 8.42 Å². The van der Waals surface area contributed by atoms with Crippen molar-refractivity contribution in [1.82, 2.24) is 0 Å². The molecular formula is C10H14O2S. The Hall–Kier alpha value is -0.830. The Bertz CT molecular complexity index is 317. The number of hydrogen-bond donors (Lipinski definition) is 1. The molecule has 13 heavy (non-hydrogen) atoms. The zero-order valence-electron chi connectivity index (χ0n) is 7.69. The van der Waals surface area contributed by atoms with Crippen LogP contribution in [0.25, 0.3) is 0 Å². The molecule has 0 unspecified atom stereocenters. The molecule has 72 valence electrons. The highest BCUT2D eigenvalue weighted by atomic mass is 32.2. The summed E-state index contributed by atoms with van der Waals surface area (Å²) in [5.74, 6) is 0. The third-order valence-electron chi connectivity index (χ3n) is 1.97. The summed E-state index contributed by atoms with van der Waals surface area (Å²) in [7, 11) is -2.42. The maximum Gasteiger partial charge on any atom is 0.168 e. The van der Waals surface area contributed by atoms with Crippen molar-refractivity contribution in [3.63, 3.8) is 0 Å². The van der Waals surface area contributed by atoms with Crippen molar-refractivity contribution in [3.05, 3.63) is 29.8 Å². The fraction of sp³-hybridized carbons (Fsp3) is 0.400. The number of benzene rings is 1. The minimum absolute atomic E-state index is 0.398. The highest BCUT2D eigenvalue weighted by Gasteiger charge is 1.95. The minimum Gasteiger partial charge on any atom is -0.227 e. The molecule has 0 aliphatic heterocycles. The molecule has 0 N–H and O–H groups in total. The molecule has 2 nitrogen and oxygen atoms in total. The first-order chi connectivity index (χ1) is 6.24. The maximum atomic E-state index is 10.6. The first kappa shape index (κ1) is 10.3. The summed E-state index contributed by atoms with van der Waals surface area (Å²) in [6, 6.07) is 7.10. The standard InChI is InChI=1S/C10H14O2S/c1-2-3-4-9-5-7-10(8-6-9)13(11)12/h5-8,13H,2-4H2,1H3. The summed E-state index contributed by atoms with van der Waals surface area (Å²) in [4.78, 5) is 0.398. The van der Waals surface area contributed by atoms with Crippen LogP contribution in [0.1, 0.15) is 25.3 Å². The summed E-state index contributed by atoms with van der Waals surface area (Å²) >= 11 is 0. The average Bonchev–Trinajstić information content (AvgIpc) is 2.15. The van der Waals surface area contributed by atoms with Gasteiger partial charge in [-0.25, -0.2) is 8.42 Å². The molecule has 0 amide bonds. The normalized spacial score (nSPS) is 10.6. The molecule has 0 saturated heterocycles. The third-order valence-corrected chi connectivity index (χ3v) is 2.69. The van der Waals surface area contributed by atoms with Crippen LogP contribution < -0.4 is 0 Å². The number of rotatable bonds is 4. The van der Waals surface area contributed by atoms with Crippen molar-refractivity contribution in [3.8, 4) is 0 Å². The Morgan fingerprint density at radius 2 is 1.77 bits per heavy atom. The van der Waals surface area contributed by atoms with E-state index in [-0.39, 0.29) is 0 Å². The number of thiol groups is 1. The second-order valence-corrected chi connectivity index (χ2v) is 4.06. The van der Waals surface area contributed by atoms with Crippen LogP contribution in [0.3, 0.4) is 0 Å². The largest absolute Gasteiger partial charge is 0.227 e. The van der Waals surface area contributed by atoms with Crippen LogP contribution in [0.15, 0.2) is 29.2 Å². The Labute approximate surface area is 80.5 Å². The van der Waals surface area contributed by atoms with Gasteiger partial charge in [-0.1, -0.05) is 25.5 Å². The van der Waals surface area contributed by atoms with Gasteiger partial charge in [-0.05, 0) is 30.5 Å². The van der Waals surface area contributed by atoms with Crippen molar-refractivity contribution in [2.75, 3.05) is 0 Å². The molecule has 0 radical (unpaired) electrons. The lowest BCUT2D eigenvalue weighted by molar-refractivity contribution is 0.614. The van der Waals surface area contributed by atoms with Gasteiger partial charge >= 0.3 is 0 Å².